The largest absolute Gasteiger partial charge is 0.326 e. The number of carbonyl (C=O) groups excluding carboxylic acids is 2. The van der Waals surface area contributed by atoms with Gasteiger partial charge in [-0.3, -0.25) is 14.5 Å². The van der Waals surface area contributed by atoms with E-state index in [9.17, 15) is 18.0 Å². The van der Waals surface area contributed by atoms with Crippen LogP contribution in [-0.4, -0.2) is 42.1 Å². The number of para-hydroxylation sites is 1. The number of amides is 2. The van der Waals surface area contributed by atoms with Gasteiger partial charge in [0.1, 0.15) is 5.25 Å². The van der Waals surface area contributed by atoms with Crippen LogP contribution in [0.25, 0.3) is 0 Å². The van der Waals surface area contributed by atoms with Gasteiger partial charge in [-0.1, -0.05) is 30.0 Å². The van der Waals surface area contributed by atoms with Gasteiger partial charge in [0, 0.05) is 18.7 Å². The molecule has 1 atom stereocenters. The molecule has 1 aliphatic rings. The summed E-state index contributed by atoms with van der Waals surface area (Å²) in [7, 11) is -3.79. The third-order valence-electron chi connectivity index (χ3n) is 4.84. The van der Waals surface area contributed by atoms with Crippen molar-refractivity contribution in [2.24, 2.45) is 10.1 Å². The van der Waals surface area contributed by atoms with Crippen molar-refractivity contribution in [3.8, 4) is 0 Å². The molecule has 0 radical (unpaired) electrons. The van der Waals surface area contributed by atoms with Gasteiger partial charge in [-0.25, -0.2) is 18.5 Å². The zero-order chi connectivity index (χ0) is 22.8. The first kappa shape index (κ1) is 23.0. The number of aryl methyl sites for hydroxylation is 2. The highest BCUT2D eigenvalue weighted by molar-refractivity contribution is 8.15. The van der Waals surface area contributed by atoms with Crippen molar-refractivity contribution >= 4 is 50.1 Å². The summed E-state index contributed by atoms with van der Waals surface area (Å²) >= 11 is 1.23. The lowest BCUT2D eigenvalue weighted by Crippen LogP contribution is -2.33. The second kappa shape index (κ2) is 9.21. The Morgan fingerprint density at radius 3 is 2.32 bits per heavy atom. The van der Waals surface area contributed by atoms with Gasteiger partial charge in [0.2, 0.25) is 21.8 Å². The van der Waals surface area contributed by atoms with Crippen LogP contribution >= 0.6 is 11.8 Å². The highest BCUT2D eigenvalue weighted by Crippen LogP contribution is 2.32. The van der Waals surface area contributed by atoms with E-state index in [1.807, 2.05) is 39.0 Å². The fourth-order valence-electron chi connectivity index (χ4n) is 3.21. The maximum Gasteiger partial charge on any atom is 0.242 e. The number of sulfonamides is 1. The van der Waals surface area contributed by atoms with E-state index in [4.69, 9.17) is 5.14 Å². The molecule has 31 heavy (non-hydrogen) atoms. The summed E-state index contributed by atoms with van der Waals surface area (Å²) < 4.78 is 22.8. The lowest BCUT2D eigenvalue weighted by atomic mass is 10.1. The molecule has 1 fully saturated rings. The fourth-order valence-corrected chi connectivity index (χ4v) is 4.94. The summed E-state index contributed by atoms with van der Waals surface area (Å²) in [5, 5.41) is 7.92. The number of aliphatic imine (C=N–C) groups is 1. The molecule has 0 aromatic heterocycles. The Labute approximate surface area is 186 Å². The smallest absolute Gasteiger partial charge is 0.242 e. The van der Waals surface area contributed by atoms with Gasteiger partial charge in [-0.15, -0.1) is 0 Å². The molecule has 2 amide bonds. The number of rotatable bonds is 6. The van der Waals surface area contributed by atoms with Gasteiger partial charge >= 0.3 is 0 Å². The van der Waals surface area contributed by atoms with E-state index in [2.05, 4.69) is 10.3 Å². The number of nitrogens with two attached hydrogens (primary N) is 1. The zero-order valence-electron chi connectivity index (χ0n) is 17.5. The van der Waals surface area contributed by atoms with Crippen molar-refractivity contribution in [3.05, 3.63) is 53.6 Å². The molecule has 2 aromatic rings. The van der Waals surface area contributed by atoms with Gasteiger partial charge in [-0.05, 0) is 56.2 Å². The van der Waals surface area contributed by atoms with Crippen LogP contribution in [0.15, 0.2) is 52.4 Å². The first-order valence-electron chi connectivity index (χ1n) is 9.65. The summed E-state index contributed by atoms with van der Waals surface area (Å²) in [6, 6.07) is 11.5. The van der Waals surface area contributed by atoms with Crippen LogP contribution in [0, 0.1) is 13.8 Å². The molecule has 0 unspecified atom stereocenters. The predicted octanol–water partition coefficient (Wildman–Crippen LogP) is 2.93. The number of thioether (sulfide) groups is 1. The Morgan fingerprint density at radius 2 is 1.77 bits per heavy atom. The highest BCUT2D eigenvalue weighted by Gasteiger charge is 2.38. The minimum Gasteiger partial charge on any atom is -0.326 e. The van der Waals surface area contributed by atoms with Crippen molar-refractivity contribution in [3.63, 3.8) is 0 Å². The molecular weight excluding hydrogens is 436 g/mol. The zero-order valence-corrected chi connectivity index (χ0v) is 19.1. The van der Waals surface area contributed by atoms with Crippen molar-refractivity contribution < 1.29 is 18.0 Å². The van der Waals surface area contributed by atoms with Gasteiger partial charge in [0.25, 0.3) is 0 Å². The number of benzene rings is 2. The Bertz CT molecular complexity index is 1120. The molecule has 1 saturated heterocycles. The topological polar surface area (TPSA) is 122 Å². The van der Waals surface area contributed by atoms with E-state index in [1.165, 1.54) is 40.9 Å². The van der Waals surface area contributed by atoms with Gasteiger partial charge in [0.05, 0.1) is 10.6 Å². The second-order valence-electron chi connectivity index (χ2n) is 7.14. The van der Waals surface area contributed by atoms with Crippen LogP contribution in [0.5, 0.6) is 0 Å². The lowest BCUT2D eigenvalue weighted by molar-refractivity contribution is -0.128. The molecule has 164 valence electrons. The highest BCUT2D eigenvalue weighted by atomic mass is 32.2. The number of nitrogens with zero attached hydrogens (tertiary/aromatic N) is 2. The molecule has 2 aromatic carbocycles. The molecule has 8 nitrogen and oxygen atoms in total. The summed E-state index contributed by atoms with van der Waals surface area (Å²) in [5.41, 5.74) is 3.17. The second-order valence-corrected chi connectivity index (χ2v) is 9.87. The normalized spacial score (nSPS) is 17.9. The molecule has 0 spiro atoms. The van der Waals surface area contributed by atoms with Crippen LogP contribution in [0.3, 0.4) is 0 Å². The van der Waals surface area contributed by atoms with E-state index in [-0.39, 0.29) is 23.1 Å². The maximum absolute atomic E-state index is 12.8. The van der Waals surface area contributed by atoms with Crippen LogP contribution in [0.1, 0.15) is 24.5 Å². The monoisotopic (exact) mass is 460 g/mol. The molecule has 0 saturated carbocycles. The third kappa shape index (κ3) is 5.33. The average Bonchev–Trinajstić information content (AvgIpc) is 2.98. The van der Waals surface area contributed by atoms with Crippen LogP contribution in [0.2, 0.25) is 0 Å². The third-order valence-corrected chi connectivity index (χ3v) is 6.95. The van der Waals surface area contributed by atoms with E-state index in [0.717, 1.165) is 16.8 Å². The Kier molecular flexibility index (Phi) is 6.83. The van der Waals surface area contributed by atoms with E-state index in [0.29, 0.717) is 17.4 Å². The number of nitrogens with one attached hydrogen (secondary N) is 1. The Balaban J connectivity index is 1.75. The minimum atomic E-state index is -3.79. The maximum atomic E-state index is 12.8. The van der Waals surface area contributed by atoms with Crippen LogP contribution in [-0.2, 0) is 19.6 Å². The van der Waals surface area contributed by atoms with E-state index >= 15 is 0 Å². The van der Waals surface area contributed by atoms with Gasteiger partial charge in [-0.2, -0.15) is 0 Å². The Hall–Kier alpha value is -2.69. The number of hydrogen-bond donors (Lipinski definition) is 2. The van der Waals surface area contributed by atoms with Gasteiger partial charge < -0.3 is 5.32 Å². The number of anilines is 1. The molecule has 1 aliphatic heterocycles. The first-order chi connectivity index (χ1) is 14.6. The molecule has 10 heteroatoms. The standard InChI is InChI=1S/C21H24N4O4S2/c1-4-25-20(27)17(12-18(26)24-19-13(2)6-5-7-14(19)3)30-21(25)23-15-8-10-16(11-9-15)31(22,28)29/h5-11,17H,4,12H2,1-3H3,(H,24,26)(H2,22,28,29)/t17-/m0/s1. The van der Waals surface area contributed by atoms with Crippen LogP contribution < -0.4 is 10.5 Å². The summed E-state index contributed by atoms with van der Waals surface area (Å²) in [5.74, 6) is -0.415. The van der Waals surface area contributed by atoms with Gasteiger partial charge in [0.15, 0.2) is 5.17 Å². The molecule has 0 aliphatic carbocycles. The SMILES string of the molecule is CCN1C(=O)[C@H](CC(=O)Nc2c(C)cccc2C)SC1=Nc1ccc(S(N)(=O)=O)cc1. The summed E-state index contributed by atoms with van der Waals surface area (Å²) in [4.78, 5) is 31.4. The first-order valence-corrected chi connectivity index (χ1v) is 12.1. The Morgan fingerprint density at radius 1 is 1.16 bits per heavy atom. The quantitative estimate of drug-likeness (QED) is 0.686. The average molecular weight is 461 g/mol. The van der Waals surface area contributed by atoms with Crippen molar-refractivity contribution in [1.82, 2.24) is 4.90 Å². The summed E-state index contributed by atoms with van der Waals surface area (Å²) in [6.45, 7) is 6.08. The molecule has 3 rings (SSSR count). The van der Waals surface area contributed by atoms with E-state index in [1.54, 1.807) is 0 Å². The number of carbonyl (C=O) groups is 2. The number of primary sulfonamides is 1. The molecule has 1 heterocycles. The van der Waals surface area contributed by atoms with Crippen molar-refractivity contribution in [1.29, 1.82) is 0 Å². The fraction of sp³-hybridized carbons (Fsp3) is 0.286. The summed E-state index contributed by atoms with van der Waals surface area (Å²) in [6.07, 6.45) is 0.0249. The van der Waals surface area contributed by atoms with Crippen molar-refractivity contribution in [2.75, 3.05) is 11.9 Å². The molecule has 0 bridgehead atoms. The predicted molar refractivity (Wildman–Crippen MR) is 123 cm³/mol. The molecular formula is C21H24N4O4S2. The van der Waals surface area contributed by atoms with Crippen LogP contribution in [0.4, 0.5) is 11.4 Å². The molecule has 3 N–H and O–H groups in total. The number of amidine groups is 1. The minimum absolute atomic E-state index is 0.0139. The lowest BCUT2D eigenvalue weighted by Gasteiger charge is -2.14. The van der Waals surface area contributed by atoms with E-state index < -0.39 is 15.3 Å². The van der Waals surface area contributed by atoms with Crippen molar-refractivity contribution in [2.45, 2.75) is 37.3 Å². The number of hydrogen-bond acceptors (Lipinski definition) is 6.